The number of urea groups is 1. The molecule has 0 saturated carbocycles. The van der Waals surface area contributed by atoms with E-state index in [1.807, 2.05) is 18.7 Å². The maximum Gasteiger partial charge on any atom is 0.492 e. The molecular formula is C15H18Cl2F3N3O3. The van der Waals surface area contributed by atoms with Crippen LogP contribution in [0.3, 0.4) is 0 Å². The number of likely N-dealkylation sites (N-methyl/N-ethyl adjacent to an activating group) is 1. The number of nitrogens with zero attached hydrogens (tertiary/aromatic N) is 1. The summed E-state index contributed by atoms with van der Waals surface area (Å²) >= 11 is 11.6. The fraction of sp³-hybridized carbons (Fsp3) is 0.533. The van der Waals surface area contributed by atoms with E-state index >= 15 is 0 Å². The molecule has 6 nitrogen and oxygen atoms in total. The summed E-state index contributed by atoms with van der Waals surface area (Å²) in [4.78, 5) is 13.9. The summed E-state index contributed by atoms with van der Waals surface area (Å²) in [5, 5.41) is 4.05. The van der Waals surface area contributed by atoms with Crippen molar-refractivity contribution >= 4 is 29.2 Å². The number of hydrogen-bond donors (Lipinski definition) is 2. The van der Waals surface area contributed by atoms with Crippen LogP contribution in [0.5, 0.6) is 11.5 Å². The number of benzene rings is 1. The van der Waals surface area contributed by atoms with Gasteiger partial charge in [0.25, 0.3) is 0 Å². The van der Waals surface area contributed by atoms with Crippen molar-refractivity contribution < 1.29 is 27.4 Å². The third kappa shape index (κ3) is 4.39. The lowest BCUT2D eigenvalue weighted by Crippen LogP contribution is -2.66. The van der Waals surface area contributed by atoms with Crippen molar-refractivity contribution in [3.05, 3.63) is 22.2 Å². The summed E-state index contributed by atoms with van der Waals surface area (Å²) in [7, 11) is 0. The number of nitrogens with one attached hydrogen (secondary N) is 2. The third-order valence-electron chi connectivity index (χ3n) is 3.75. The number of fused-ring (bicyclic) bond motifs is 1. The molecule has 0 radical (unpaired) electrons. The molecule has 26 heavy (non-hydrogen) atoms. The lowest BCUT2D eigenvalue weighted by molar-refractivity contribution is -0.317. The Kier molecular flexibility index (Phi) is 6.36. The number of rotatable bonds is 6. The number of carbonyl (C=O) groups excluding carboxylic acids is 1. The maximum absolute atomic E-state index is 13.5. The molecule has 0 saturated heterocycles. The average molecular weight is 416 g/mol. The van der Waals surface area contributed by atoms with Crippen molar-refractivity contribution in [2.45, 2.75) is 25.9 Å². The molecule has 1 aromatic rings. The normalized spacial score (nSPS) is 15.2. The number of hydrogen-bond acceptors (Lipinski definition) is 4. The Bertz CT molecular complexity index is 639. The lowest BCUT2D eigenvalue weighted by atomic mass is 10.3. The van der Waals surface area contributed by atoms with Crippen molar-refractivity contribution in [3.8, 4) is 11.5 Å². The van der Waals surface area contributed by atoms with Crippen LogP contribution >= 0.6 is 23.2 Å². The first-order chi connectivity index (χ1) is 12.1. The van der Waals surface area contributed by atoms with Gasteiger partial charge in [-0.15, -0.1) is 0 Å². The van der Waals surface area contributed by atoms with E-state index in [4.69, 9.17) is 32.7 Å². The first-order valence-electron chi connectivity index (χ1n) is 7.84. The van der Waals surface area contributed by atoms with E-state index in [1.165, 1.54) is 0 Å². The Morgan fingerprint density at radius 2 is 1.65 bits per heavy atom. The Labute approximate surface area is 158 Å². The smallest absolute Gasteiger partial charge is 0.424 e. The second kappa shape index (κ2) is 7.98. The van der Waals surface area contributed by atoms with Gasteiger partial charge in [-0.25, -0.2) is 4.79 Å². The predicted molar refractivity (Wildman–Crippen MR) is 90.8 cm³/mol. The van der Waals surface area contributed by atoms with E-state index in [1.54, 1.807) is 5.32 Å². The fourth-order valence-electron chi connectivity index (χ4n) is 2.30. The van der Waals surface area contributed by atoms with Crippen LogP contribution < -0.4 is 20.1 Å². The molecule has 1 heterocycles. The molecule has 0 bridgehead atoms. The van der Waals surface area contributed by atoms with Gasteiger partial charge in [0, 0.05) is 25.2 Å². The molecule has 2 rings (SSSR count). The number of alkyl halides is 3. The van der Waals surface area contributed by atoms with Gasteiger partial charge in [-0.2, -0.15) is 13.2 Å². The Morgan fingerprint density at radius 3 is 2.08 bits per heavy atom. The Hall–Kier alpha value is -1.58. The van der Waals surface area contributed by atoms with Gasteiger partial charge in [0.1, 0.15) is 0 Å². The summed E-state index contributed by atoms with van der Waals surface area (Å²) in [5.74, 6) is -3.91. The predicted octanol–water partition coefficient (Wildman–Crippen LogP) is 3.62. The molecule has 1 aliphatic rings. The van der Waals surface area contributed by atoms with E-state index in [-0.39, 0.29) is 28.1 Å². The fourth-order valence-corrected chi connectivity index (χ4v) is 2.61. The number of carbonyl (C=O) groups is 1. The third-order valence-corrected chi connectivity index (χ3v) is 4.48. The van der Waals surface area contributed by atoms with Gasteiger partial charge in [-0.3, -0.25) is 5.32 Å². The van der Waals surface area contributed by atoms with Crippen molar-refractivity contribution in [1.82, 2.24) is 15.5 Å². The van der Waals surface area contributed by atoms with Crippen LogP contribution in [-0.2, 0) is 0 Å². The number of halogens is 5. The summed E-state index contributed by atoms with van der Waals surface area (Å²) in [5.41, 5.74) is 0. The standard InChI is InChI=1S/C15H18Cl2F3N3O3/c1-3-23(4-2)6-5-21-13(24)22-15(14(18,19)20)25-11-7-9(16)10(17)8-12(11)26-15/h7-8H,3-6H2,1-2H3,(H2,21,22,24). The van der Waals surface area contributed by atoms with Crippen LogP contribution in [0.25, 0.3) is 0 Å². The Morgan fingerprint density at radius 1 is 1.15 bits per heavy atom. The largest absolute Gasteiger partial charge is 0.492 e. The molecule has 0 fully saturated rings. The number of amides is 2. The van der Waals surface area contributed by atoms with Crippen LogP contribution in [0.1, 0.15) is 13.8 Å². The minimum absolute atomic E-state index is 0.00401. The molecule has 1 aromatic carbocycles. The highest BCUT2D eigenvalue weighted by molar-refractivity contribution is 6.42. The van der Waals surface area contributed by atoms with E-state index in [9.17, 15) is 18.0 Å². The zero-order valence-electron chi connectivity index (χ0n) is 14.0. The van der Waals surface area contributed by atoms with Gasteiger partial charge in [-0.1, -0.05) is 37.0 Å². The first-order valence-corrected chi connectivity index (χ1v) is 8.59. The second-order valence-electron chi connectivity index (χ2n) is 5.44. The monoisotopic (exact) mass is 415 g/mol. The average Bonchev–Trinajstić information content (AvgIpc) is 2.90. The van der Waals surface area contributed by atoms with Gasteiger partial charge >= 0.3 is 18.1 Å². The molecule has 0 atom stereocenters. The highest BCUT2D eigenvalue weighted by atomic mass is 35.5. The van der Waals surface area contributed by atoms with Crippen LogP contribution in [0.4, 0.5) is 18.0 Å². The SMILES string of the molecule is CCN(CC)CCNC(=O)NC1(C(F)(F)F)Oc2cc(Cl)c(Cl)cc2O1. The van der Waals surface area contributed by atoms with Crippen molar-refractivity contribution in [2.24, 2.45) is 0 Å². The maximum atomic E-state index is 13.5. The van der Waals surface area contributed by atoms with Gasteiger partial charge in [-0.05, 0) is 13.1 Å². The summed E-state index contributed by atoms with van der Waals surface area (Å²) < 4.78 is 50.3. The highest BCUT2D eigenvalue weighted by Crippen LogP contribution is 2.47. The van der Waals surface area contributed by atoms with Gasteiger partial charge in [0.15, 0.2) is 11.5 Å². The highest BCUT2D eigenvalue weighted by Gasteiger charge is 2.65. The summed E-state index contributed by atoms with van der Waals surface area (Å²) in [6, 6.07) is 1.10. The first kappa shape index (κ1) is 20.7. The molecular weight excluding hydrogens is 398 g/mol. The lowest BCUT2D eigenvalue weighted by Gasteiger charge is -2.29. The second-order valence-corrected chi connectivity index (χ2v) is 6.25. The quantitative estimate of drug-likeness (QED) is 0.744. The van der Waals surface area contributed by atoms with E-state index in [0.29, 0.717) is 6.54 Å². The van der Waals surface area contributed by atoms with Gasteiger partial charge in [0.05, 0.1) is 10.0 Å². The molecule has 0 aliphatic carbocycles. The number of ether oxygens (including phenoxy) is 2. The van der Waals surface area contributed by atoms with Crippen molar-refractivity contribution in [3.63, 3.8) is 0 Å². The van der Waals surface area contributed by atoms with Crippen molar-refractivity contribution in [2.75, 3.05) is 26.2 Å². The van der Waals surface area contributed by atoms with E-state index < -0.39 is 18.1 Å². The van der Waals surface area contributed by atoms with Gasteiger partial charge < -0.3 is 19.7 Å². The summed E-state index contributed by atoms with van der Waals surface area (Å²) in [6.07, 6.45) is -5.05. The zero-order valence-corrected chi connectivity index (χ0v) is 15.6. The molecule has 2 amide bonds. The summed E-state index contributed by atoms with van der Waals surface area (Å²) in [6.45, 7) is 6.05. The molecule has 146 valence electrons. The Balaban J connectivity index is 2.09. The van der Waals surface area contributed by atoms with Gasteiger partial charge in [0.2, 0.25) is 0 Å². The molecule has 11 heteroatoms. The minimum Gasteiger partial charge on any atom is -0.424 e. The topological polar surface area (TPSA) is 62.8 Å². The molecule has 2 N–H and O–H groups in total. The molecule has 0 aromatic heterocycles. The van der Waals surface area contributed by atoms with E-state index in [0.717, 1.165) is 25.2 Å². The zero-order chi connectivity index (χ0) is 19.5. The van der Waals surface area contributed by atoms with Crippen molar-refractivity contribution in [1.29, 1.82) is 0 Å². The molecule has 1 aliphatic heterocycles. The van der Waals surface area contributed by atoms with Crippen LogP contribution in [0, 0.1) is 0 Å². The molecule has 0 unspecified atom stereocenters. The van der Waals surface area contributed by atoms with Crippen LogP contribution in [-0.4, -0.2) is 49.2 Å². The molecule has 0 spiro atoms. The van der Waals surface area contributed by atoms with Crippen LogP contribution in [0.15, 0.2) is 12.1 Å². The van der Waals surface area contributed by atoms with Crippen LogP contribution in [0.2, 0.25) is 10.0 Å². The minimum atomic E-state index is -5.05. The van der Waals surface area contributed by atoms with E-state index in [2.05, 4.69) is 5.32 Å².